The molecule has 2 fully saturated rings. The number of aromatic nitrogens is 1. The van der Waals surface area contributed by atoms with Crippen molar-refractivity contribution in [3.05, 3.63) is 41.8 Å². The average Bonchev–Trinajstić information content (AvgIpc) is 3.03. The molecule has 1 spiro atoms. The predicted octanol–water partition coefficient (Wildman–Crippen LogP) is 2.31. The lowest BCUT2D eigenvalue weighted by atomic mass is 9.73. The zero-order valence-electron chi connectivity index (χ0n) is 12.7. The second-order valence-electron chi connectivity index (χ2n) is 6.48. The number of nitrogens with one attached hydrogen (secondary N) is 1. The van der Waals surface area contributed by atoms with E-state index < -0.39 is 0 Å². The fourth-order valence-electron chi connectivity index (χ4n) is 3.30. The zero-order chi connectivity index (χ0) is 15.9. The van der Waals surface area contributed by atoms with E-state index in [-0.39, 0.29) is 11.7 Å². The van der Waals surface area contributed by atoms with Crippen LogP contribution in [0.15, 0.2) is 34.9 Å². The van der Waals surface area contributed by atoms with Gasteiger partial charge in [0.05, 0.1) is 0 Å². The molecule has 2 saturated heterocycles. The summed E-state index contributed by atoms with van der Waals surface area (Å²) in [4.78, 5) is 14.4. The number of carbonyl (C=O) groups excluding carboxylic acids is 1. The van der Waals surface area contributed by atoms with Gasteiger partial charge in [0.1, 0.15) is 5.82 Å². The van der Waals surface area contributed by atoms with Gasteiger partial charge in [-0.05, 0) is 42.5 Å². The maximum atomic E-state index is 13.0. The SMILES string of the molecule is O=C(c1cc(-c2ccc(F)cc2)on1)N1CCC2(CC1)CNC2. The Morgan fingerprint density at radius 3 is 2.52 bits per heavy atom. The maximum Gasteiger partial charge on any atom is 0.276 e. The largest absolute Gasteiger partial charge is 0.355 e. The van der Waals surface area contributed by atoms with E-state index in [9.17, 15) is 9.18 Å². The standard InChI is InChI=1S/C17H18FN3O2/c18-13-3-1-12(2-4-13)15-9-14(20-23-15)16(22)21-7-5-17(6-8-21)10-19-11-17/h1-4,9,19H,5-8,10-11H2. The van der Waals surface area contributed by atoms with Crippen LogP contribution in [0.1, 0.15) is 23.3 Å². The van der Waals surface area contributed by atoms with Crippen molar-refractivity contribution in [2.24, 2.45) is 5.41 Å². The summed E-state index contributed by atoms with van der Waals surface area (Å²) in [5.74, 6) is 0.0755. The van der Waals surface area contributed by atoms with Crippen molar-refractivity contribution >= 4 is 5.91 Å². The summed E-state index contributed by atoms with van der Waals surface area (Å²) in [7, 11) is 0. The Labute approximate surface area is 133 Å². The van der Waals surface area contributed by atoms with E-state index in [0.29, 0.717) is 22.4 Å². The van der Waals surface area contributed by atoms with E-state index >= 15 is 0 Å². The number of rotatable bonds is 2. The third kappa shape index (κ3) is 2.63. The van der Waals surface area contributed by atoms with E-state index in [1.807, 2.05) is 4.90 Å². The molecule has 2 aliphatic heterocycles. The number of hydrogen-bond donors (Lipinski definition) is 1. The number of carbonyl (C=O) groups is 1. The van der Waals surface area contributed by atoms with Gasteiger partial charge in [-0.3, -0.25) is 4.79 Å². The second-order valence-corrected chi connectivity index (χ2v) is 6.48. The van der Waals surface area contributed by atoms with Crippen LogP contribution in [0.5, 0.6) is 0 Å². The van der Waals surface area contributed by atoms with E-state index in [1.165, 1.54) is 12.1 Å². The van der Waals surface area contributed by atoms with Crippen molar-refractivity contribution in [2.45, 2.75) is 12.8 Å². The van der Waals surface area contributed by atoms with Gasteiger partial charge >= 0.3 is 0 Å². The van der Waals surface area contributed by atoms with E-state index in [4.69, 9.17) is 4.52 Å². The smallest absolute Gasteiger partial charge is 0.276 e. The number of hydrogen-bond acceptors (Lipinski definition) is 4. The monoisotopic (exact) mass is 315 g/mol. The first kappa shape index (κ1) is 14.4. The summed E-state index contributed by atoms with van der Waals surface area (Å²) >= 11 is 0. The molecule has 2 aromatic rings. The number of nitrogens with zero attached hydrogens (tertiary/aromatic N) is 2. The first-order valence-corrected chi connectivity index (χ1v) is 7.88. The van der Waals surface area contributed by atoms with Gasteiger partial charge in [0.25, 0.3) is 5.91 Å². The van der Waals surface area contributed by atoms with Gasteiger partial charge in [-0.15, -0.1) is 0 Å². The Morgan fingerprint density at radius 2 is 1.91 bits per heavy atom. The van der Waals surface area contributed by atoms with Crippen molar-refractivity contribution in [3.63, 3.8) is 0 Å². The normalized spacial score (nSPS) is 19.6. The van der Waals surface area contributed by atoms with Crippen LogP contribution in [0, 0.1) is 11.2 Å². The third-order valence-electron chi connectivity index (χ3n) is 4.97. The number of benzene rings is 1. The van der Waals surface area contributed by atoms with Crippen LogP contribution in [0.4, 0.5) is 4.39 Å². The quantitative estimate of drug-likeness (QED) is 0.924. The molecule has 120 valence electrons. The molecule has 1 aromatic carbocycles. The van der Waals surface area contributed by atoms with Gasteiger partial charge in [-0.1, -0.05) is 5.16 Å². The predicted molar refractivity (Wildman–Crippen MR) is 82.3 cm³/mol. The molecule has 0 bridgehead atoms. The zero-order valence-corrected chi connectivity index (χ0v) is 12.7. The molecule has 0 aliphatic carbocycles. The van der Waals surface area contributed by atoms with Crippen LogP contribution in [0.2, 0.25) is 0 Å². The van der Waals surface area contributed by atoms with Gasteiger partial charge in [-0.2, -0.15) is 0 Å². The molecule has 0 atom stereocenters. The number of amides is 1. The minimum Gasteiger partial charge on any atom is -0.355 e. The average molecular weight is 315 g/mol. The van der Waals surface area contributed by atoms with Crippen LogP contribution >= 0.6 is 0 Å². The van der Waals surface area contributed by atoms with Gasteiger partial charge < -0.3 is 14.7 Å². The Hall–Kier alpha value is -2.21. The van der Waals surface area contributed by atoms with Crippen molar-refractivity contribution in [1.82, 2.24) is 15.4 Å². The molecule has 2 aliphatic rings. The Balaban J connectivity index is 1.46. The third-order valence-corrected chi connectivity index (χ3v) is 4.97. The molecule has 23 heavy (non-hydrogen) atoms. The minimum atomic E-state index is -0.308. The maximum absolute atomic E-state index is 13.0. The van der Waals surface area contributed by atoms with Gasteiger partial charge in [-0.25, -0.2) is 4.39 Å². The van der Waals surface area contributed by atoms with Crippen LogP contribution in [0.3, 0.4) is 0 Å². The first-order valence-electron chi connectivity index (χ1n) is 7.88. The van der Waals surface area contributed by atoms with Crippen LogP contribution in [0.25, 0.3) is 11.3 Å². The van der Waals surface area contributed by atoms with E-state index in [1.54, 1.807) is 18.2 Å². The first-order chi connectivity index (χ1) is 11.2. The van der Waals surface area contributed by atoms with E-state index in [2.05, 4.69) is 10.5 Å². The summed E-state index contributed by atoms with van der Waals surface area (Å²) in [6.07, 6.45) is 2.07. The summed E-state index contributed by atoms with van der Waals surface area (Å²) in [6, 6.07) is 7.56. The highest BCUT2D eigenvalue weighted by Crippen LogP contribution is 2.35. The molecule has 0 saturated carbocycles. The molecule has 5 nitrogen and oxygen atoms in total. The molecule has 4 rings (SSSR count). The molecular weight excluding hydrogens is 297 g/mol. The number of halogens is 1. The Morgan fingerprint density at radius 1 is 1.22 bits per heavy atom. The lowest BCUT2D eigenvalue weighted by molar-refractivity contribution is 0.0407. The summed E-state index contributed by atoms with van der Waals surface area (Å²) in [5, 5.41) is 7.20. The molecule has 0 unspecified atom stereocenters. The Kier molecular flexibility index (Phi) is 3.41. The molecular formula is C17H18FN3O2. The molecule has 1 N–H and O–H groups in total. The van der Waals surface area contributed by atoms with Gasteiger partial charge in [0, 0.05) is 37.8 Å². The van der Waals surface area contributed by atoms with E-state index in [0.717, 1.165) is 39.0 Å². The molecule has 1 amide bonds. The second kappa shape index (κ2) is 5.45. The summed E-state index contributed by atoms with van der Waals surface area (Å²) in [5.41, 5.74) is 1.42. The fourth-order valence-corrected chi connectivity index (χ4v) is 3.30. The molecule has 6 heteroatoms. The lowest BCUT2D eigenvalue weighted by Crippen LogP contribution is -2.58. The van der Waals surface area contributed by atoms with Crippen LogP contribution in [-0.2, 0) is 0 Å². The van der Waals surface area contributed by atoms with Gasteiger partial charge in [0.2, 0.25) is 0 Å². The highest BCUT2D eigenvalue weighted by molar-refractivity contribution is 5.93. The highest BCUT2D eigenvalue weighted by atomic mass is 19.1. The molecule has 3 heterocycles. The van der Waals surface area contributed by atoms with Crippen molar-refractivity contribution < 1.29 is 13.7 Å². The van der Waals surface area contributed by atoms with Crippen molar-refractivity contribution in [2.75, 3.05) is 26.2 Å². The fraction of sp³-hybridized carbons (Fsp3) is 0.412. The Bertz CT molecular complexity index is 712. The van der Waals surface area contributed by atoms with Crippen LogP contribution < -0.4 is 5.32 Å². The number of piperidine rings is 1. The topological polar surface area (TPSA) is 58.4 Å². The molecule has 1 aromatic heterocycles. The summed E-state index contributed by atoms with van der Waals surface area (Å²) in [6.45, 7) is 3.65. The van der Waals surface area contributed by atoms with Gasteiger partial charge in [0.15, 0.2) is 11.5 Å². The lowest BCUT2D eigenvalue weighted by Gasteiger charge is -2.48. The molecule has 0 radical (unpaired) electrons. The number of likely N-dealkylation sites (tertiary alicyclic amines) is 1. The highest BCUT2D eigenvalue weighted by Gasteiger charge is 2.40. The minimum absolute atomic E-state index is 0.0933. The van der Waals surface area contributed by atoms with Crippen molar-refractivity contribution in [1.29, 1.82) is 0 Å². The van der Waals surface area contributed by atoms with Crippen molar-refractivity contribution in [3.8, 4) is 11.3 Å². The summed E-state index contributed by atoms with van der Waals surface area (Å²) < 4.78 is 18.2. The van der Waals surface area contributed by atoms with Crippen LogP contribution in [-0.4, -0.2) is 42.1 Å².